The quantitative estimate of drug-likeness (QED) is 0.881. The SMILES string of the molecule is CN(C)C(=O)C1(Nc2ccccc2)CCCN(Cc2cn[nH]c2)C1. The summed E-state index contributed by atoms with van der Waals surface area (Å²) in [6.45, 7) is 2.48. The number of likely N-dealkylation sites (N-methyl/N-ethyl adjacent to an activating group) is 1. The number of hydrogen-bond donors (Lipinski definition) is 2. The number of amides is 1. The zero-order chi connectivity index (χ0) is 17.0. The third-order valence-electron chi connectivity index (χ3n) is 4.51. The van der Waals surface area contributed by atoms with Crippen LogP contribution < -0.4 is 5.32 Å². The minimum absolute atomic E-state index is 0.128. The van der Waals surface area contributed by atoms with Crippen molar-refractivity contribution < 1.29 is 4.79 Å². The molecule has 1 saturated heterocycles. The molecule has 1 atom stereocenters. The Labute approximate surface area is 142 Å². The number of hydrogen-bond acceptors (Lipinski definition) is 4. The largest absolute Gasteiger partial charge is 0.370 e. The number of aromatic amines is 1. The number of piperidine rings is 1. The van der Waals surface area contributed by atoms with Crippen LogP contribution in [0.25, 0.3) is 0 Å². The zero-order valence-corrected chi connectivity index (χ0v) is 14.3. The summed E-state index contributed by atoms with van der Waals surface area (Å²) >= 11 is 0. The van der Waals surface area contributed by atoms with Gasteiger partial charge >= 0.3 is 0 Å². The van der Waals surface area contributed by atoms with Crippen molar-refractivity contribution in [2.45, 2.75) is 24.9 Å². The molecule has 1 unspecified atom stereocenters. The van der Waals surface area contributed by atoms with E-state index in [1.807, 2.05) is 56.8 Å². The molecular formula is C18H25N5O. The maximum Gasteiger partial charge on any atom is 0.249 e. The van der Waals surface area contributed by atoms with Crippen molar-refractivity contribution in [3.05, 3.63) is 48.3 Å². The van der Waals surface area contributed by atoms with Crippen LogP contribution in [0.5, 0.6) is 0 Å². The molecule has 1 aromatic carbocycles. The second-order valence-electron chi connectivity index (χ2n) is 6.69. The maximum atomic E-state index is 13.0. The first-order valence-corrected chi connectivity index (χ1v) is 8.34. The molecule has 1 aliphatic rings. The number of para-hydroxylation sites is 1. The second kappa shape index (κ2) is 7.05. The lowest BCUT2D eigenvalue weighted by Crippen LogP contribution is -2.61. The minimum atomic E-state index is -0.590. The van der Waals surface area contributed by atoms with Crippen LogP contribution in [0.4, 0.5) is 5.69 Å². The van der Waals surface area contributed by atoms with E-state index in [1.165, 1.54) is 0 Å². The van der Waals surface area contributed by atoms with E-state index in [2.05, 4.69) is 20.4 Å². The Morgan fingerprint density at radius 1 is 1.38 bits per heavy atom. The first-order valence-electron chi connectivity index (χ1n) is 8.34. The fourth-order valence-corrected chi connectivity index (χ4v) is 3.46. The zero-order valence-electron chi connectivity index (χ0n) is 14.3. The number of rotatable bonds is 5. The highest BCUT2D eigenvalue weighted by atomic mass is 16.2. The van der Waals surface area contributed by atoms with E-state index in [4.69, 9.17) is 0 Å². The van der Waals surface area contributed by atoms with Crippen molar-refractivity contribution >= 4 is 11.6 Å². The molecule has 0 saturated carbocycles. The number of carbonyl (C=O) groups excluding carboxylic acids is 1. The number of H-pyrrole nitrogens is 1. The average Bonchev–Trinajstić information content (AvgIpc) is 3.08. The predicted molar refractivity (Wildman–Crippen MR) is 94.6 cm³/mol. The summed E-state index contributed by atoms with van der Waals surface area (Å²) in [5.41, 5.74) is 1.54. The standard InChI is InChI=1S/C18H25N5O/c1-22(2)17(24)18(21-16-7-4-3-5-8-16)9-6-10-23(14-18)13-15-11-19-20-12-15/h3-5,7-8,11-12,21H,6,9-10,13-14H2,1-2H3,(H,19,20). The van der Waals surface area contributed by atoms with E-state index in [0.29, 0.717) is 6.54 Å². The summed E-state index contributed by atoms with van der Waals surface area (Å²) in [5, 5.41) is 10.4. The fraction of sp³-hybridized carbons (Fsp3) is 0.444. The molecule has 3 rings (SSSR count). The lowest BCUT2D eigenvalue weighted by Gasteiger charge is -2.43. The van der Waals surface area contributed by atoms with Crippen molar-refractivity contribution in [1.82, 2.24) is 20.0 Å². The smallest absolute Gasteiger partial charge is 0.249 e. The molecule has 0 radical (unpaired) electrons. The van der Waals surface area contributed by atoms with E-state index in [-0.39, 0.29) is 5.91 Å². The van der Waals surface area contributed by atoms with Crippen LogP contribution in [0.3, 0.4) is 0 Å². The molecule has 1 aliphatic heterocycles. The van der Waals surface area contributed by atoms with Crippen LogP contribution in [0.15, 0.2) is 42.7 Å². The number of carbonyl (C=O) groups is 1. The highest BCUT2D eigenvalue weighted by Crippen LogP contribution is 2.28. The first kappa shape index (κ1) is 16.5. The minimum Gasteiger partial charge on any atom is -0.370 e. The molecule has 0 aliphatic carbocycles. The van der Waals surface area contributed by atoms with Crippen LogP contribution in [-0.2, 0) is 11.3 Å². The molecule has 0 spiro atoms. The van der Waals surface area contributed by atoms with Gasteiger partial charge in [-0.25, -0.2) is 0 Å². The Morgan fingerprint density at radius 3 is 2.83 bits per heavy atom. The van der Waals surface area contributed by atoms with Gasteiger partial charge in [-0.3, -0.25) is 14.8 Å². The van der Waals surface area contributed by atoms with Crippen LogP contribution in [0.2, 0.25) is 0 Å². The molecule has 24 heavy (non-hydrogen) atoms. The number of aromatic nitrogens is 2. The average molecular weight is 327 g/mol. The molecule has 6 heteroatoms. The summed E-state index contributed by atoms with van der Waals surface area (Å²) in [7, 11) is 3.65. The van der Waals surface area contributed by atoms with Gasteiger partial charge in [0.25, 0.3) is 0 Å². The lowest BCUT2D eigenvalue weighted by atomic mass is 9.86. The van der Waals surface area contributed by atoms with Crippen molar-refractivity contribution in [2.24, 2.45) is 0 Å². The Morgan fingerprint density at radius 2 is 2.17 bits per heavy atom. The third kappa shape index (κ3) is 3.59. The van der Waals surface area contributed by atoms with E-state index in [0.717, 1.165) is 37.2 Å². The highest BCUT2D eigenvalue weighted by molar-refractivity contribution is 5.89. The summed E-state index contributed by atoms with van der Waals surface area (Å²) in [5.74, 6) is 0.128. The monoisotopic (exact) mass is 327 g/mol. The van der Waals surface area contributed by atoms with Gasteiger partial charge in [-0.05, 0) is 31.5 Å². The number of benzene rings is 1. The Bertz CT molecular complexity index is 655. The van der Waals surface area contributed by atoms with Crippen LogP contribution >= 0.6 is 0 Å². The van der Waals surface area contributed by atoms with Gasteiger partial charge in [0.15, 0.2) is 0 Å². The number of anilines is 1. The molecule has 0 bridgehead atoms. The van der Waals surface area contributed by atoms with Crippen molar-refractivity contribution in [2.75, 3.05) is 32.5 Å². The summed E-state index contributed by atoms with van der Waals surface area (Å²) in [6, 6.07) is 9.99. The predicted octanol–water partition coefficient (Wildman–Crippen LogP) is 1.94. The molecule has 2 heterocycles. The molecule has 2 aromatic rings. The van der Waals surface area contributed by atoms with Gasteiger partial charge in [-0.1, -0.05) is 18.2 Å². The Kier molecular flexibility index (Phi) is 4.85. The summed E-state index contributed by atoms with van der Waals surface area (Å²) in [4.78, 5) is 17.0. The molecule has 1 aromatic heterocycles. The number of likely N-dealkylation sites (tertiary alicyclic amines) is 1. The summed E-state index contributed by atoms with van der Waals surface area (Å²) in [6.07, 6.45) is 5.57. The van der Waals surface area contributed by atoms with Crippen molar-refractivity contribution in [1.29, 1.82) is 0 Å². The topological polar surface area (TPSA) is 64.3 Å². The first-order chi connectivity index (χ1) is 11.6. The van der Waals surface area contributed by atoms with Crippen LogP contribution in [-0.4, -0.2) is 58.6 Å². The Balaban J connectivity index is 1.82. The molecule has 6 nitrogen and oxygen atoms in total. The van der Waals surface area contributed by atoms with E-state index < -0.39 is 5.54 Å². The number of nitrogens with zero attached hydrogens (tertiary/aromatic N) is 3. The lowest BCUT2D eigenvalue weighted by molar-refractivity contribution is -0.135. The van der Waals surface area contributed by atoms with E-state index >= 15 is 0 Å². The van der Waals surface area contributed by atoms with Gasteiger partial charge in [0, 0.05) is 44.6 Å². The van der Waals surface area contributed by atoms with Gasteiger partial charge in [0.05, 0.1) is 6.20 Å². The second-order valence-corrected chi connectivity index (χ2v) is 6.69. The van der Waals surface area contributed by atoms with Gasteiger partial charge < -0.3 is 10.2 Å². The Hall–Kier alpha value is -2.34. The van der Waals surface area contributed by atoms with Gasteiger partial charge in [-0.2, -0.15) is 5.10 Å². The van der Waals surface area contributed by atoms with E-state index in [1.54, 1.807) is 4.90 Å². The van der Waals surface area contributed by atoms with Crippen molar-refractivity contribution in [3.63, 3.8) is 0 Å². The molecule has 2 N–H and O–H groups in total. The molecule has 1 fully saturated rings. The van der Waals surface area contributed by atoms with E-state index in [9.17, 15) is 4.79 Å². The molecule has 128 valence electrons. The number of nitrogens with one attached hydrogen (secondary N) is 2. The normalized spacial score (nSPS) is 21.4. The molecule has 1 amide bonds. The third-order valence-corrected chi connectivity index (χ3v) is 4.51. The maximum absolute atomic E-state index is 13.0. The highest BCUT2D eigenvalue weighted by Gasteiger charge is 2.43. The summed E-state index contributed by atoms with van der Waals surface area (Å²) < 4.78 is 0. The van der Waals surface area contributed by atoms with Gasteiger partial charge in [0.2, 0.25) is 5.91 Å². The fourth-order valence-electron chi connectivity index (χ4n) is 3.46. The van der Waals surface area contributed by atoms with Crippen molar-refractivity contribution in [3.8, 4) is 0 Å². The van der Waals surface area contributed by atoms with Crippen LogP contribution in [0.1, 0.15) is 18.4 Å². The van der Waals surface area contributed by atoms with Gasteiger partial charge in [-0.15, -0.1) is 0 Å². The van der Waals surface area contributed by atoms with Crippen LogP contribution in [0, 0.1) is 0 Å². The van der Waals surface area contributed by atoms with Gasteiger partial charge in [0.1, 0.15) is 5.54 Å². The molecular weight excluding hydrogens is 302 g/mol.